The van der Waals surface area contributed by atoms with Crippen molar-refractivity contribution in [3.05, 3.63) is 107 Å². The Hall–Kier alpha value is -3.87. The second kappa shape index (κ2) is 9.06. The number of halogens is 3. The zero-order valence-corrected chi connectivity index (χ0v) is 18.7. The lowest BCUT2D eigenvalue weighted by molar-refractivity contribution is -0.150. The SMILES string of the molecule is O=C(OCc1ccccc1)C1CCc2c(c3cc(C(F)(F)F)ccc3n2C(=O)c2ccccc2)C1. The van der Waals surface area contributed by atoms with Crippen LogP contribution < -0.4 is 0 Å². The number of ether oxygens (including phenoxy) is 1. The van der Waals surface area contributed by atoms with E-state index in [0.29, 0.717) is 40.6 Å². The molecular formula is C28H22F3NO3. The molecule has 0 fully saturated rings. The largest absolute Gasteiger partial charge is 0.461 e. The van der Waals surface area contributed by atoms with Crippen LogP contribution in [0.1, 0.15) is 39.2 Å². The molecule has 178 valence electrons. The molecule has 0 bridgehead atoms. The predicted molar refractivity (Wildman–Crippen MR) is 125 cm³/mol. The first kappa shape index (κ1) is 22.9. The van der Waals surface area contributed by atoms with Gasteiger partial charge in [-0.05, 0) is 60.7 Å². The van der Waals surface area contributed by atoms with Gasteiger partial charge in [0.2, 0.25) is 0 Å². The Bertz CT molecular complexity index is 1390. The number of carbonyl (C=O) groups excluding carboxylic acids is 2. The van der Waals surface area contributed by atoms with Gasteiger partial charge in [0, 0.05) is 16.6 Å². The molecule has 0 N–H and O–H groups in total. The molecule has 4 aromatic rings. The van der Waals surface area contributed by atoms with Crippen LogP contribution >= 0.6 is 0 Å². The molecule has 0 aliphatic heterocycles. The van der Waals surface area contributed by atoms with Crippen molar-refractivity contribution in [3.8, 4) is 0 Å². The molecule has 7 heteroatoms. The van der Waals surface area contributed by atoms with Crippen LogP contribution in [-0.2, 0) is 35.2 Å². The molecular weight excluding hydrogens is 455 g/mol. The van der Waals surface area contributed by atoms with Crippen LogP contribution in [0.4, 0.5) is 13.2 Å². The summed E-state index contributed by atoms with van der Waals surface area (Å²) in [6.07, 6.45) is -3.47. The van der Waals surface area contributed by atoms with Crippen LogP contribution in [0.3, 0.4) is 0 Å². The highest BCUT2D eigenvalue weighted by molar-refractivity contribution is 6.04. The molecule has 1 atom stereocenters. The van der Waals surface area contributed by atoms with Crippen molar-refractivity contribution in [2.75, 3.05) is 0 Å². The summed E-state index contributed by atoms with van der Waals surface area (Å²) in [6.45, 7) is 0.134. The summed E-state index contributed by atoms with van der Waals surface area (Å²) >= 11 is 0. The highest BCUT2D eigenvalue weighted by atomic mass is 19.4. The van der Waals surface area contributed by atoms with Gasteiger partial charge in [-0.1, -0.05) is 48.5 Å². The Labute approximate surface area is 199 Å². The van der Waals surface area contributed by atoms with Gasteiger partial charge >= 0.3 is 12.1 Å². The van der Waals surface area contributed by atoms with E-state index >= 15 is 0 Å². The fourth-order valence-corrected chi connectivity index (χ4v) is 4.72. The summed E-state index contributed by atoms with van der Waals surface area (Å²) < 4.78 is 47.5. The van der Waals surface area contributed by atoms with Crippen LogP contribution in [0.25, 0.3) is 10.9 Å². The zero-order chi connectivity index (χ0) is 24.6. The van der Waals surface area contributed by atoms with Crippen molar-refractivity contribution in [2.45, 2.75) is 32.0 Å². The molecule has 0 saturated carbocycles. The van der Waals surface area contributed by atoms with E-state index in [1.807, 2.05) is 30.3 Å². The van der Waals surface area contributed by atoms with E-state index in [1.165, 1.54) is 10.6 Å². The van der Waals surface area contributed by atoms with Gasteiger partial charge < -0.3 is 4.74 Å². The second-order valence-corrected chi connectivity index (χ2v) is 8.69. The topological polar surface area (TPSA) is 48.3 Å². The first-order valence-corrected chi connectivity index (χ1v) is 11.4. The molecule has 0 amide bonds. The number of esters is 1. The minimum absolute atomic E-state index is 0.134. The second-order valence-electron chi connectivity index (χ2n) is 8.69. The molecule has 1 aromatic heterocycles. The molecule has 3 aromatic carbocycles. The van der Waals surface area contributed by atoms with E-state index in [0.717, 1.165) is 17.7 Å². The third kappa shape index (κ3) is 4.46. The Morgan fingerprint density at radius 1 is 0.943 bits per heavy atom. The summed E-state index contributed by atoms with van der Waals surface area (Å²) in [6, 6.07) is 21.3. The van der Waals surface area contributed by atoms with Gasteiger partial charge in [-0.2, -0.15) is 13.2 Å². The van der Waals surface area contributed by atoms with Crippen molar-refractivity contribution in [3.63, 3.8) is 0 Å². The molecule has 0 radical (unpaired) electrons. The van der Waals surface area contributed by atoms with Gasteiger partial charge in [0.05, 0.1) is 17.0 Å². The van der Waals surface area contributed by atoms with Crippen molar-refractivity contribution in [1.29, 1.82) is 0 Å². The Balaban J connectivity index is 1.52. The summed E-state index contributed by atoms with van der Waals surface area (Å²) in [5.74, 6) is -1.19. The maximum Gasteiger partial charge on any atom is 0.416 e. The Morgan fingerprint density at radius 3 is 2.31 bits per heavy atom. The summed E-state index contributed by atoms with van der Waals surface area (Å²) in [7, 11) is 0. The van der Waals surface area contributed by atoms with Crippen molar-refractivity contribution >= 4 is 22.8 Å². The standard InChI is InChI=1S/C28H22F3NO3/c29-28(30,31)21-12-14-25-23(16-21)22-15-20(27(34)35-17-18-7-3-1-4-8-18)11-13-24(22)32(25)26(33)19-9-5-2-6-10-19/h1-10,12,14,16,20H,11,13,15,17H2. The lowest BCUT2D eigenvalue weighted by Crippen LogP contribution is -2.26. The van der Waals surface area contributed by atoms with Gasteiger partial charge in [-0.25, -0.2) is 0 Å². The average Bonchev–Trinajstić information content (AvgIpc) is 3.20. The summed E-state index contributed by atoms with van der Waals surface area (Å²) in [5, 5.41) is 0.347. The smallest absolute Gasteiger partial charge is 0.416 e. The predicted octanol–water partition coefficient (Wildman–Crippen LogP) is 6.20. The normalized spacial score (nSPS) is 15.6. The van der Waals surface area contributed by atoms with Crippen molar-refractivity contribution < 1.29 is 27.5 Å². The van der Waals surface area contributed by atoms with Crippen LogP contribution in [0.5, 0.6) is 0 Å². The number of alkyl halides is 3. The Morgan fingerprint density at radius 2 is 1.63 bits per heavy atom. The summed E-state index contributed by atoms with van der Waals surface area (Å²) in [4.78, 5) is 26.2. The molecule has 4 nitrogen and oxygen atoms in total. The number of rotatable bonds is 4. The maximum absolute atomic E-state index is 13.5. The highest BCUT2D eigenvalue weighted by Gasteiger charge is 2.35. The first-order valence-electron chi connectivity index (χ1n) is 11.4. The van der Waals surface area contributed by atoms with Crippen molar-refractivity contribution in [2.24, 2.45) is 5.92 Å². The van der Waals surface area contributed by atoms with E-state index in [-0.39, 0.29) is 24.9 Å². The van der Waals surface area contributed by atoms with Gasteiger partial charge in [-0.15, -0.1) is 0 Å². The van der Waals surface area contributed by atoms with E-state index < -0.39 is 17.7 Å². The van der Waals surface area contributed by atoms with E-state index in [4.69, 9.17) is 4.74 Å². The molecule has 5 rings (SSSR count). The number of hydrogen-bond acceptors (Lipinski definition) is 3. The van der Waals surface area contributed by atoms with Crippen molar-refractivity contribution in [1.82, 2.24) is 4.57 Å². The number of benzene rings is 3. The molecule has 1 heterocycles. The molecule has 35 heavy (non-hydrogen) atoms. The van der Waals surface area contributed by atoms with Gasteiger partial charge in [0.25, 0.3) is 5.91 Å². The number of aromatic nitrogens is 1. The van der Waals surface area contributed by atoms with Crippen LogP contribution in [-0.4, -0.2) is 16.4 Å². The first-order chi connectivity index (χ1) is 16.8. The zero-order valence-electron chi connectivity index (χ0n) is 18.7. The van der Waals surface area contributed by atoms with Gasteiger partial charge in [0.15, 0.2) is 0 Å². The maximum atomic E-state index is 13.5. The van der Waals surface area contributed by atoms with Crippen LogP contribution in [0, 0.1) is 5.92 Å². The number of nitrogens with zero attached hydrogens (tertiary/aromatic N) is 1. The fourth-order valence-electron chi connectivity index (χ4n) is 4.72. The monoisotopic (exact) mass is 477 g/mol. The van der Waals surface area contributed by atoms with Gasteiger partial charge in [-0.3, -0.25) is 14.2 Å². The van der Waals surface area contributed by atoms with E-state index in [9.17, 15) is 22.8 Å². The molecule has 0 saturated heterocycles. The fraction of sp³-hybridized carbons (Fsp3) is 0.214. The third-order valence-electron chi connectivity index (χ3n) is 6.47. The molecule has 0 spiro atoms. The summed E-state index contributed by atoms with van der Waals surface area (Å²) in [5.41, 5.74) is 2.18. The minimum atomic E-state index is -4.52. The van der Waals surface area contributed by atoms with Crippen LogP contribution in [0.15, 0.2) is 78.9 Å². The highest BCUT2D eigenvalue weighted by Crippen LogP contribution is 2.39. The molecule has 1 aliphatic rings. The van der Waals surface area contributed by atoms with Gasteiger partial charge in [0.1, 0.15) is 6.61 Å². The number of hydrogen-bond donors (Lipinski definition) is 0. The van der Waals surface area contributed by atoms with E-state index in [2.05, 4.69) is 0 Å². The molecule has 1 aliphatic carbocycles. The quantitative estimate of drug-likeness (QED) is 0.329. The minimum Gasteiger partial charge on any atom is -0.461 e. The lowest BCUT2D eigenvalue weighted by atomic mass is 9.86. The Kier molecular flexibility index (Phi) is 5.93. The van der Waals surface area contributed by atoms with Crippen LogP contribution in [0.2, 0.25) is 0 Å². The number of fused-ring (bicyclic) bond motifs is 3. The van der Waals surface area contributed by atoms with E-state index in [1.54, 1.807) is 30.3 Å². The number of carbonyl (C=O) groups is 2. The molecule has 1 unspecified atom stereocenters. The average molecular weight is 477 g/mol. The third-order valence-corrected chi connectivity index (χ3v) is 6.47. The lowest BCUT2D eigenvalue weighted by Gasteiger charge is -2.22.